The lowest BCUT2D eigenvalue weighted by atomic mass is 10.0. The Morgan fingerprint density at radius 3 is 2.16 bits per heavy atom. The molecule has 0 aliphatic heterocycles. The molecule has 1 N–H and O–H groups in total. The van der Waals surface area contributed by atoms with Gasteiger partial charge in [-0.2, -0.15) is 0 Å². The maximum absolute atomic E-state index is 12.7. The van der Waals surface area contributed by atoms with Gasteiger partial charge in [-0.1, -0.05) is 60.7 Å². The van der Waals surface area contributed by atoms with Crippen LogP contribution in [-0.2, 0) is 30.9 Å². The van der Waals surface area contributed by atoms with Crippen molar-refractivity contribution in [3.63, 3.8) is 0 Å². The predicted octanol–water partition coefficient (Wildman–Crippen LogP) is 2.95. The third-order valence-electron chi connectivity index (χ3n) is 4.31. The van der Waals surface area contributed by atoms with E-state index in [1.165, 1.54) is 6.08 Å². The summed E-state index contributed by atoms with van der Waals surface area (Å²) < 4.78 is 31.1. The van der Waals surface area contributed by atoms with Crippen molar-refractivity contribution < 1.29 is 22.7 Å². The first-order valence-corrected chi connectivity index (χ1v) is 11.3. The van der Waals surface area contributed by atoms with Crippen LogP contribution in [0.25, 0.3) is 6.08 Å². The van der Waals surface area contributed by atoms with Crippen LogP contribution in [0.5, 0.6) is 0 Å². The van der Waals surface area contributed by atoms with Gasteiger partial charge in [-0.05, 0) is 38.0 Å². The molecule has 1 amide bonds. The van der Waals surface area contributed by atoms with E-state index < -0.39 is 34.7 Å². The Morgan fingerprint density at radius 2 is 1.58 bits per heavy atom. The highest BCUT2D eigenvalue weighted by molar-refractivity contribution is 7.92. The molecule has 0 unspecified atom stereocenters. The van der Waals surface area contributed by atoms with Gasteiger partial charge in [0.05, 0.1) is 0 Å². The third kappa shape index (κ3) is 8.74. The molecule has 0 spiro atoms. The van der Waals surface area contributed by atoms with E-state index in [1.807, 2.05) is 57.2 Å². The second-order valence-corrected chi connectivity index (χ2v) is 9.53. The summed E-state index contributed by atoms with van der Waals surface area (Å²) in [5, 5.41) is 0.974. The molecule has 0 saturated heterocycles. The quantitative estimate of drug-likeness (QED) is 0.601. The number of hydrogen-bond donors (Lipinski definition) is 1. The summed E-state index contributed by atoms with van der Waals surface area (Å²) in [5.41, 5.74) is 1.18. The molecule has 8 heteroatoms. The molecule has 7 nitrogen and oxygen atoms in total. The smallest absolute Gasteiger partial charge is 0.321 e. The lowest BCUT2D eigenvalue weighted by molar-refractivity contribution is -0.153. The zero-order valence-corrected chi connectivity index (χ0v) is 18.8. The molecule has 0 atom stereocenters. The average molecular weight is 445 g/mol. The van der Waals surface area contributed by atoms with E-state index in [-0.39, 0.29) is 5.91 Å². The fourth-order valence-corrected chi connectivity index (χ4v) is 3.43. The molecular weight excluding hydrogens is 416 g/mol. The van der Waals surface area contributed by atoms with Gasteiger partial charge in [0.1, 0.15) is 6.54 Å². The van der Waals surface area contributed by atoms with E-state index in [4.69, 9.17) is 4.74 Å². The van der Waals surface area contributed by atoms with Crippen molar-refractivity contribution in [3.8, 4) is 0 Å². The standard InChI is InChI=1S/C23H28N2O5S/c1-23(2,3)25(17-20-12-8-5-9-13-20)21(26)18-30-22(27)16-24-31(28,29)15-14-19-10-6-4-7-11-19/h4-15,24H,16-18H2,1-3H3/b15-14+. The van der Waals surface area contributed by atoms with E-state index in [0.29, 0.717) is 12.1 Å². The number of nitrogens with zero attached hydrogens (tertiary/aromatic N) is 1. The number of carbonyl (C=O) groups is 2. The van der Waals surface area contributed by atoms with Crippen LogP contribution in [0.4, 0.5) is 0 Å². The number of sulfonamides is 1. The molecule has 0 aliphatic carbocycles. The SMILES string of the molecule is CC(C)(C)N(Cc1ccccc1)C(=O)COC(=O)CNS(=O)(=O)/C=C/c1ccccc1. The molecular formula is C23H28N2O5S. The van der Waals surface area contributed by atoms with Gasteiger partial charge >= 0.3 is 5.97 Å². The van der Waals surface area contributed by atoms with E-state index in [0.717, 1.165) is 11.0 Å². The van der Waals surface area contributed by atoms with E-state index in [9.17, 15) is 18.0 Å². The van der Waals surface area contributed by atoms with Crippen LogP contribution in [0, 0.1) is 0 Å². The number of hydrogen-bond acceptors (Lipinski definition) is 5. The number of esters is 1. The summed E-state index contributed by atoms with van der Waals surface area (Å²) in [7, 11) is -3.82. The van der Waals surface area contributed by atoms with E-state index in [2.05, 4.69) is 4.72 Å². The third-order valence-corrected chi connectivity index (χ3v) is 5.35. The van der Waals surface area contributed by atoms with E-state index in [1.54, 1.807) is 29.2 Å². The fourth-order valence-electron chi connectivity index (χ4n) is 2.68. The number of benzene rings is 2. The van der Waals surface area contributed by atoms with Gasteiger partial charge < -0.3 is 9.64 Å². The molecule has 0 aliphatic rings. The molecule has 0 saturated carbocycles. The Labute approximate surface area is 183 Å². The van der Waals surface area contributed by atoms with Gasteiger partial charge in [0.25, 0.3) is 5.91 Å². The Bertz CT molecular complexity index is 997. The summed E-state index contributed by atoms with van der Waals surface area (Å²) in [6, 6.07) is 18.4. The van der Waals surface area contributed by atoms with Crippen LogP contribution in [0.3, 0.4) is 0 Å². The highest BCUT2D eigenvalue weighted by atomic mass is 32.2. The normalized spacial score (nSPS) is 12.0. The van der Waals surface area contributed by atoms with Gasteiger partial charge in [0.2, 0.25) is 10.0 Å². The first-order valence-electron chi connectivity index (χ1n) is 9.80. The maximum atomic E-state index is 12.7. The van der Waals surface area contributed by atoms with Crippen LogP contribution >= 0.6 is 0 Å². The number of carbonyl (C=O) groups excluding carboxylic acids is 2. The molecule has 2 aromatic carbocycles. The summed E-state index contributed by atoms with van der Waals surface area (Å²) in [5.74, 6) is -1.20. The highest BCUT2D eigenvalue weighted by Gasteiger charge is 2.27. The largest absolute Gasteiger partial charge is 0.455 e. The van der Waals surface area contributed by atoms with Crippen LogP contribution < -0.4 is 4.72 Å². The average Bonchev–Trinajstić information content (AvgIpc) is 2.74. The van der Waals surface area contributed by atoms with Crippen LogP contribution in [0.2, 0.25) is 0 Å². The number of ether oxygens (including phenoxy) is 1. The Morgan fingerprint density at radius 1 is 1.00 bits per heavy atom. The Balaban J connectivity index is 1.87. The van der Waals surface area contributed by atoms with Crippen LogP contribution in [-0.4, -0.2) is 43.9 Å². The molecule has 0 heterocycles. The monoisotopic (exact) mass is 444 g/mol. The first-order chi connectivity index (χ1) is 14.6. The van der Waals surface area contributed by atoms with Crippen molar-refractivity contribution in [1.82, 2.24) is 9.62 Å². The second kappa shape index (κ2) is 10.9. The van der Waals surface area contributed by atoms with Gasteiger partial charge in [0, 0.05) is 17.5 Å². The molecule has 0 fully saturated rings. The van der Waals surface area contributed by atoms with Crippen molar-refractivity contribution in [1.29, 1.82) is 0 Å². The molecule has 31 heavy (non-hydrogen) atoms. The summed E-state index contributed by atoms with van der Waals surface area (Å²) >= 11 is 0. The first kappa shape index (κ1) is 24.3. The second-order valence-electron chi connectivity index (χ2n) is 7.88. The highest BCUT2D eigenvalue weighted by Crippen LogP contribution is 2.17. The molecule has 0 bridgehead atoms. The number of nitrogens with one attached hydrogen (secondary N) is 1. The molecule has 166 valence electrons. The minimum Gasteiger partial charge on any atom is -0.455 e. The lowest BCUT2D eigenvalue weighted by Crippen LogP contribution is -2.47. The zero-order chi connectivity index (χ0) is 22.9. The zero-order valence-electron chi connectivity index (χ0n) is 17.9. The van der Waals surface area contributed by atoms with Gasteiger partial charge in [-0.3, -0.25) is 9.59 Å². The molecule has 0 radical (unpaired) electrons. The Kier molecular flexibility index (Phi) is 8.53. The summed E-state index contributed by atoms with van der Waals surface area (Å²) in [6.45, 7) is 5.01. The van der Waals surface area contributed by atoms with Crippen molar-refractivity contribution in [2.45, 2.75) is 32.9 Å². The van der Waals surface area contributed by atoms with Crippen molar-refractivity contribution in [2.75, 3.05) is 13.2 Å². The lowest BCUT2D eigenvalue weighted by Gasteiger charge is -2.35. The van der Waals surface area contributed by atoms with E-state index >= 15 is 0 Å². The molecule has 0 aromatic heterocycles. The molecule has 2 aromatic rings. The predicted molar refractivity (Wildman–Crippen MR) is 120 cm³/mol. The van der Waals surface area contributed by atoms with Crippen LogP contribution in [0.1, 0.15) is 31.9 Å². The van der Waals surface area contributed by atoms with Gasteiger partial charge in [0.15, 0.2) is 6.61 Å². The van der Waals surface area contributed by atoms with Gasteiger partial charge in [-0.15, -0.1) is 0 Å². The fraction of sp³-hybridized carbons (Fsp3) is 0.304. The van der Waals surface area contributed by atoms with Crippen LogP contribution in [0.15, 0.2) is 66.1 Å². The van der Waals surface area contributed by atoms with Crippen molar-refractivity contribution in [2.24, 2.45) is 0 Å². The maximum Gasteiger partial charge on any atom is 0.321 e. The number of amides is 1. The topological polar surface area (TPSA) is 92.8 Å². The minimum atomic E-state index is -3.82. The van der Waals surface area contributed by atoms with Crippen molar-refractivity contribution >= 4 is 28.0 Å². The summed E-state index contributed by atoms with van der Waals surface area (Å²) in [6.07, 6.45) is 1.42. The molecule has 2 rings (SSSR count). The minimum absolute atomic E-state index is 0.364. The number of rotatable bonds is 9. The Hall–Kier alpha value is -2.97. The summed E-state index contributed by atoms with van der Waals surface area (Å²) in [4.78, 5) is 26.2. The van der Waals surface area contributed by atoms with Gasteiger partial charge in [-0.25, -0.2) is 13.1 Å². The van der Waals surface area contributed by atoms with Crippen molar-refractivity contribution in [3.05, 3.63) is 77.2 Å².